The Morgan fingerprint density at radius 3 is 2.61 bits per heavy atom. The number of hydrogen-bond acceptors (Lipinski definition) is 5. The Labute approximate surface area is 134 Å². The molecule has 0 bridgehead atoms. The summed E-state index contributed by atoms with van der Waals surface area (Å²) in [7, 11) is 1.58. The van der Waals surface area contributed by atoms with Crippen LogP contribution in [-0.2, 0) is 9.53 Å². The molecule has 1 heterocycles. The lowest BCUT2D eigenvalue weighted by Crippen LogP contribution is -2.09. The fourth-order valence-electron chi connectivity index (χ4n) is 2.15. The average molecular weight is 316 g/mol. The van der Waals surface area contributed by atoms with E-state index in [1.54, 1.807) is 19.2 Å². The maximum absolute atomic E-state index is 11.8. The van der Waals surface area contributed by atoms with Gasteiger partial charge in [-0.1, -0.05) is 0 Å². The molecule has 0 aliphatic heterocycles. The van der Waals surface area contributed by atoms with E-state index in [-0.39, 0.29) is 5.91 Å². The molecule has 2 rings (SSSR count). The van der Waals surface area contributed by atoms with Gasteiger partial charge in [-0.25, -0.2) is 0 Å². The van der Waals surface area contributed by atoms with Crippen LogP contribution >= 0.6 is 0 Å². The third kappa shape index (κ3) is 3.88. The van der Waals surface area contributed by atoms with Crippen LogP contribution in [0, 0.1) is 13.8 Å². The van der Waals surface area contributed by atoms with Crippen LogP contribution in [0.15, 0.2) is 30.5 Å². The molecule has 0 radical (unpaired) electrons. The predicted molar refractivity (Wildman–Crippen MR) is 86.8 cm³/mol. The minimum Gasteiger partial charge on any atom is -0.501 e. The summed E-state index contributed by atoms with van der Waals surface area (Å²) >= 11 is 0. The van der Waals surface area contributed by atoms with E-state index in [0.29, 0.717) is 18.0 Å². The molecule has 1 amide bonds. The lowest BCUT2D eigenvalue weighted by molar-refractivity contribution is -0.112. The van der Waals surface area contributed by atoms with Gasteiger partial charge in [-0.15, -0.1) is 10.2 Å². The zero-order chi connectivity index (χ0) is 16.8. The van der Waals surface area contributed by atoms with Gasteiger partial charge >= 0.3 is 0 Å². The van der Waals surface area contributed by atoms with Crippen molar-refractivity contribution < 1.29 is 14.3 Å². The van der Waals surface area contributed by atoms with Gasteiger partial charge in [0, 0.05) is 17.8 Å². The van der Waals surface area contributed by atoms with Crippen LogP contribution in [0.25, 0.3) is 5.69 Å². The van der Waals surface area contributed by atoms with Gasteiger partial charge in [0.15, 0.2) is 0 Å². The predicted octanol–water partition coefficient (Wildman–Crippen LogP) is 2.38. The number of ether oxygens (including phenoxy) is 2. The highest BCUT2D eigenvalue weighted by Crippen LogP contribution is 2.28. The van der Waals surface area contributed by atoms with E-state index >= 15 is 0 Å². The van der Waals surface area contributed by atoms with E-state index in [0.717, 1.165) is 17.3 Å². The summed E-state index contributed by atoms with van der Waals surface area (Å²) in [5.41, 5.74) is 1.44. The Hall–Kier alpha value is -2.83. The van der Waals surface area contributed by atoms with E-state index in [4.69, 9.17) is 9.47 Å². The molecule has 2 aromatic rings. The first kappa shape index (κ1) is 16.5. The second-order valence-electron chi connectivity index (χ2n) is 4.76. The molecule has 0 aliphatic rings. The van der Waals surface area contributed by atoms with Crippen LogP contribution in [0.2, 0.25) is 0 Å². The number of hydrogen-bond donors (Lipinski definition) is 1. The highest BCUT2D eigenvalue weighted by molar-refractivity contribution is 5.99. The van der Waals surface area contributed by atoms with Crippen molar-refractivity contribution in [3.8, 4) is 11.4 Å². The summed E-state index contributed by atoms with van der Waals surface area (Å²) < 4.78 is 12.3. The fourth-order valence-corrected chi connectivity index (χ4v) is 2.15. The second kappa shape index (κ2) is 7.44. The standard InChI is InChI=1S/C16H20N4O3/c1-5-23-9-8-16(21)17-13-6-7-14(15(10-13)22-4)20-11(2)18-19-12(20)3/h6-10H,5H2,1-4H3,(H,17,21)/b9-8+. The second-order valence-corrected chi connectivity index (χ2v) is 4.76. The Bertz CT molecular complexity index is 703. The quantitative estimate of drug-likeness (QED) is 0.654. The minimum atomic E-state index is -0.273. The van der Waals surface area contributed by atoms with Gasteiger partial charge in [-0.2, -0.15) is 0 Å². The highest BCUT2D eigenvalue weighted by atomic mass is 16.5. The molecule has 0 fully saturated rings. The third-order valence-electron chi connectivity index (χ3n) is 3.16. The van der Waals surface area contributed by atoms with Crippen molar-refractivity contribution in [2.45, 2.75) is 20.8 Å². The topological polar surface area (TPSA) is 78.3 Å². The monoisotopic (exact) mass is 316 g/mol. The Balaban J connectivity index is 2.25. The lowest BCUT2D eigenvalue weighted by atomic mass is 10.2. The van der Waals surface area contributed by atoms with Crippen molar-refractivity contribution in [3.05, 3.63) is 42.2 Å². The summed E-state index contributed by atoms with van der Waals surface area (Å²) in [5.74, 6) is 1.86. The molecular weight excluding hydrogens is 296 g/mol. The van der Waals surface area contributed by atoms with Gasteiger partial charge in [0.05, 0.1) is 25.7 Å². The van der Waals surface area contributed by atoms with Crippen molar-refractivity contribution in [1.29, 1.82) is 0 Å². The molecular formula is C16H20N4O3. The van der Waals surface area contributed by atoms with Crippen LogP contribution in [0.3, 0.4) is 0 Å². The van der Waals surface area contributed by atoms with Gasteiger partial charge in [0.2, 0.25) is 0 Å². The normalized spacial score (nSPS) is 10.8. The number of nitrogens with one attached hydrogen (secondary N) is 1. The molecule has 0 spiro atoms. The summed E-state index contributed by atoms with van der Waals surface area (Å²) in [6.45, 7) is 6.10. The summed E-state index contributed by atoms with van der Waals surface area (Å²) in [5, 5.41) is 10.8. The number of nitrogens with zero attached hydrogens (tertiary/aromatic N) is 3. The van der Waals surface area contributed by atoms with Crippen molar-refractivity contribution in [2.24, 2.45) is 0 Å². The molecule has 0 atom stereocenters. The molecule has 7 heteroatoms. The van der Waals surface area contributed by atoms with Crippen molar-refractivity contribution in [2.75, 3.05) is 19.0 Å². The molecule has 0 aliphatic carbocycles. The Kier molecular flexibility index (Phi) is 5.35. The number of aromatic nitrogens is 3. The number of benzene rings is 1. The molecule has 1 aromatic carbocycles. The largest absolute Gasteiger partial charge is 0.501 e. The van der Waals surface area contributed by atoms with E-state index < -0.39 is 0 Å². The lowest BCUT2D eigenvalue weighted by Gasteiger charge is -2.13. The van der Waals surface area contributed by atoms with Gasteiger partial charge in [0.1, 0.15) is 17.4 Å². The molecule has 122 valence electrons. The number of carbonyl (C=O) groups excluding carboxylic acids is 1. The summed E-state index contributed by atoms with van der Waals surface area (Å²) in [6, 6.07) is 5.40. The molecule has 1 aromatic heterocycles. The van der Waals surface area contributed by atoms with Gasteiger partial charge in [-0.05, 0) is 32.9 Å². The minimum absolute atomic E-state index is 0.273. The number of aryl methyl sites for hydroxylation is 2. The number of methoxy groups -OCH3 is 1. The van der Waals surface area contributed by atoms with Crippen LogP contribution in [-0.4, -0.2) is 34.4 Å². The van der Waals surface area contributed by atoms with E-state index in [2.05, 4.69) is 15.5 Å². The molecule has 0 saturated heterocycles. The maximum atomic E-state index is 11.8. The summed E-state index contributed by atoms with van der Waals surface area (Å²) in [4.78, 5) is 11.8. The smallest absolute Gasteiger partial charge is 0.251 e. The molecule has 0 saturated carbocycles. The Morgan fingerprint density at radius 2 is 2.00 bits per heavy atom. The number of carbonyl (C=O) groups is 1. The highest BCUT2D eigenvalue weighted by Gasteiger charge is 2.13. The zero-order valence-electron chi connectivity index (χ0n) is 13.7. The average Bonchev–Trinajstić information content (AvgIpc) is 2.86. The molecule has 0 unspecified atom stereocenters. The van der Waals surface area contributed by atoms with Gasteiger partial charge < -0.3 is 14.8 Å². The van der Waals surface area contributed by atoms with Crippen molar-refractivity contribution in [1.82, 2.24) is 14.8 Å². The number of amides is 1. The van der Waals surface area contributed by atoms with E-state index in [9.17, 15) is 4.79 Å². The van der Waals surface area contributed by atoms with Crippen LogP contribution in [0.4, 0.5) is 5.69 Å². The molecule has 7 nitrogen and oxygen atoms in total. The Morgan fingerprint density at radius 1 is 1.30 bits per heavy atom. The maximum Gasteiger partial charge on any atom is 0.251 e. The molecule has 1 N–H and O–H groups in total. The number of anilines is 1. The van der Waals surface area contributed by atoms with Gasteiger partial charge in [-0.3, -0.25) is 9.36 Å². The third-order valence-corrected chi connectivity index (χ3v) is 3.16. The first-order valence-corrected chi connectivity index (χ1v) is 7.23. The van der Waals surface area contributed by atoms with Crippen LogP contribution in [0.5, 0.6) is 5.75 Å². The first-order valence-electron chi connectivity index (χ1n) is 7.23. The van der Waals surface area contributed by atoms with Gasteiger partial charge in [0.25, 0.3) is 5.91 Å². The van der Waals surface area contributed by atoms with E-state index in [1.807, 2.05) is 31.4 Å². The molecule has 23 heavy (non-hydrogen) atoms. The van der Waals surface area contributed by atoms with Crippen molar-refractivity contribution >= 4 is 11.6 Å². The zero-order valence-corrected chi connectivity index (χ0v) is 13.7. The SMILES string of the molecule is CCO/C=C/C(=O)Nc1ccc(-n2c(C)nnc2C)c(OC)c1. The van der Waals surface area contributed by atoms with Crippen molar-refractivity contribution in [3.63, 3.8) is 0 Å². The van der Waals surface area contributed by atoms with E-state index in [1.165, 1.54) is 12.3 Å². The van der Waals surface area contributed by atoms with Crippen LogP contribution < -0.4 is 10.1 Å². The fraction of sp³-hybridized carbons (Fsp3) is 0.312. The first-order chi connectivity index (χ1) is 11.1. The number of rotatable bonds is 6. The van der Waals surface area contributed by atoms with Crippen LogP contribution in [0.1, 0.15) is 18.6 Å². The summed E-state index contributed by atoms with van der Waals surface area (Å²) in [6.07, 6.45) is 2.70.